The molecule has 74 valence electrons. The zero-order valence-corrected chi connectivity index (χ0v) is 8.53. The third-order valence-corrected chi connectivity index (χ3v) is 2.15. The summed E-state index contributed by atoms with van der Waals surface area (Å²) in [6, 6.07) is 7.90. The summed E-state index contributed by atoms with van der Waals surface area (Å²) in [4.78, 5) is 2.20. The lowest BCUT2D eigenvalue weighted by atomic mass is 10.2. The van der Waals surface area contributed by atoms with Crippen LogP contribution < -0.4 is 5.73 Å². The Kier molecular flexibility index (Phi) is 4.03. The lowest BCUT2D eigenvalue weighted by molar-refractivity contribution is 0.316. The topological polar surface area (TPSA) is 29.3 Å². The van der Waals surface area contributed by atoms with Gasteiger partial charge in [0, 0.05) is 12.2 Å². The SMILES string of the molecule is C#CCN(CC)Cc1ccc(N)cc1. The Hall–Kier alpha value is -1.46. The minimum atomic E-state index is 0.695. The lowest BCUT2D eigenvalue weighted by Gasteiger charge is -2.17. The van der Waals surface area contributed by atoms with Crippen LogP contribution in [0.3, 0.4) is 0 Å². The van der Waals surface area contributed by atoms with Crippen LogP contribution in [0.2, 0.25) is 0 Å². The average Bonchev–Trinajstić information content (AvgIpc) is 2.20. The van der Waals surface area contributed by atoms with E-state index in [0.29, 0.717) is 6.54 Å². The number of hydrogen-bond acceptors (Lipinski definition) is 2. The van der Waals surface area contributed by atoms with Gasteiger partial charge in [0.05, 0.1) is 6.54 Å². The third-order valence-electron chi connectivity index (χ3n) is 2.15. The first-order valence-corrected chi connectivity index (χ1v) is 4.76. The molecule has 0 radical (unpaired) electrons. The Bertz CT molecular complexity index is 308. The lowest BCUT2D eigenvalue weighted by Crippen LogP contribution is -2.22. The van der Waals surface area contributed by atoms with Gasteiger partial charge in [0.1, 0.15) is 0 Å². The van der Waals surface area contributed by atoms with Crippen LogP contribution in [0.25, 0.3) is 0 Å². The van der Waals surface area contributed by atoms with E-state index < -0.39 is 0 Å². The monoisotopic (exact) mass is 188 g/mol. The minimum absolute atomic E-state index is 0.695. The fraction of sp³-hybridized carbons (Fsp3) is 0.333. The molecule has 0 aliphatic heterocycles. The second-order valence-corrected chi connectivity index (χ2v) is 3.25. The zero-order valence-electron chi connectivity index (χ0n) is 8.53. The van der Waals surface area contributed by atoms with Crippen molar-refractivity contribution in [2.24, 2.45) is 0 Å². The molecule has 0 unspecified atom stereocenters. The van der Waals surface area contributed by atoms with Gasteiger partial charge in [-0.05, 0) is 24.2 Å². The number of nitrogen functional groups attached to an aromatic ring is 1. The maximum Gasteiger partial charge on any atom is 0.0601 e. The van der Waals surface area contributed by atoms with Crippen molar-refractivity contribution in [2.75, 3.05) is 18.8 Å². The number of nitrogens with zero attached hydrogens (tertiary/aromatic N) is 1. The van der Waals surface area contributed by atoms with Gasteiger partial charge in [0.25, 0.3) is 0 Å². The quantitative estimate of drug-likeness (QED) is 0.576. The van der Waals surface area contributed by atoms with Crippen LogP contribution in [0.4, 0.5) is 5.69 Å². The van der Waals surface area contributed by atoms with Crippen molar-refractivity contribution < 1.29 is 0 Å². The third kappa shape index (κ3) is 3.12. The minimum Gasteiger partial charge on any atom is -0.399 e. The predicted molar refractivity (Wildman–Crippen MR) is 60.6 cm³/mol. The van der Waals surface area contributed by atoms with Gasteiger partial charge in [-0.2, -0.15) is 0 Å². The summed E-state index contributed by atoms with van der Waals surface area (Å²) in [6.45, 7) is 4.66. The van der Waals surface area contributed by atoms with Crippen LogP contribution in [0, 0.1) is 12.3 Å². The molecular formula is C12H16N2. The standard InChI is InChI=1S/C12H16N2/c1-3-9-14(4-2)10-11-5-7-12(13)8-6-11/h1,5-8H,4,9-10,13H2,2H3. The molecule has 2 heteroatoms. The van der Waals surface area contributed by atoms with Crippen molar-refractivity contribution in [2.45, 2.75) is 13.5 Å². The molecule has 14 heavy (non-hydrogen) atoms. The second kappa shape index (κ2) is 5.31. The van der Waals surface area contributed by atoms with Crippen LogP contribution >= 0.6 is 0 Å². The molecule has 2 N–H and O–H groups in total. The highest BCUT2D eigenvalue weighted by molar-refractivity contribution is 5.39. The van der Waals surface area contributed by atoms with E-state index in [4.69, 9.17) is 12.2 Å². The summed E-state index contributed by atoms with van der Waals surface area (Å²) in [6.07, 6.45) is 5.27. The van der Waals surface area contributed by atoms with E-state index in [1.807, 2.05) is 24.3 Å². The fourth-order valence-corrected chi connectivity index (χ4v) is 1.29. The van der Waals surface area contributed by atoms with Gasteiger partial charge in [0.15, 0.2) is 0 Å². The highest BCUT2D eigenvalue weighted by atomic mass is 15.1. The van der Waals surface area contributed by atoms with Crippen LogP contribution in [0.15, 0.2) is 24.3 Å². The summed E-state index contributed by atoms with van der Waals surface area (Å²) < 4.78 is 0. The van der Waals surface area contributed by atoms with Gasteiger partial charge in [-0.3, -0.25) is 4.90 Å². The number of nitrogens with two attached hydrogens (primary N) is 1. The zero-order chi connectivity index (χ0) is 10.4. The molecule has 1 aromatic rings. The smallest absolute Gasteiger partial charge is 0.0601 e. The molecule has 0 spiro atoms. The van der Waals surface area contributed by atoms with E-state index >= 15 is 0 Å². The van der Waals surface area contributed by atoms with E-state index in [9.17, 15) is 0 Å². The number of hydrogen-bond donors (Lipinski definition) is 1. The molecular weight excluding hydrogens is 172 g/mol. The van der Waals surface area contributed by atoms with Crippen LogP contribution in [0.1, 0.15) is 12.5 Å². The van der Waals surface area contributed by atoms with E-state index in [0.717, 1.165) is 18.8 Å². The number of terminal acetylenes is 1. The number of anilines is 1. The number of benzene rings is 1. The van der Waals surface area contributed by atoms with Gasteiger partial charge in [-0.1, -0.05) is 25.0 Å². The summed E-state index contributed by atoms with van der Waals surface area (Å²) >= 11 is 0. The van der Waals surface area contributed by atoms with Crippen molar-refractivity contribution >= 4 is 5.69 Å². The van der Waals surface area contributed by atoms with Crippen LogP contribution in [-0.4, -0.2) is 18.0 Å². The first-order valence-electron chi connectivity index (χ1n) is 4.76. The first kappa shape index (κ1) is 10.6. The molecule has 0 aliphatic carbocycles. The molecule has 1 aromatic carbocycles. The molecule has 2 nitrogen and oxygen atoms in total. The van der Waals surface area contributed by atoms with Crippen molar-refractivity contribution in [3.8, 4) is 12.3 Å². The van der Waals surface area contributed by atoms with E-state index in [2.05, 4.69) is 17.7 Å². The van der Waals surface area contributed by atoms with Crippen LogP contribution in [-0.2, 0) is 6.54 Å². The van der Waals surface area contributed by atoms with Gasteiger partial charge in [-0.15, -0.1) is 6.42 Å². The van der Waals surface area contributed by atoms with Gasteiger partial charge in [0.2, 0.25) is 0 Å². The molecule has 0 aromatic heterocycles. The van der Waals surface area contributed by atoms with Gasteiger partial charge >= 0.3 is 0 Å². The van der Waals surface area contributed by atoms with E-state index in [1.54, 1.807) is 0 Å². The Morgan fingerprint density at radius 3 is 2.50 bits per heavy atom. The summed E-state index contributed by atoms with van der Waals surface area (Å²) in [5.74, 6) is 2.65. The maximum atomic E-state index is 5.60. The second-order valence-electron chi connectivity index (χ2n) is 3.25. The number of rotatable bonds is 4. The van der Waals surface area contributed by atoms with E-state index in [1.165, 1.54) is 5.56 Å². The molecule has 0 atom stereocenters. The molecule has 0 bridgehead atoms. The van der Waals surface area contributed by atoms with E-state index in [-0.39, 0.29) is 0 Å². The van der Waals surface area contributed by atoms with Crippen molar-refractivity contribution in [1.82, 2.24) is 4.90 Å². The summed E-state index contributed by atoms with van der Waals surface area (Å²) in [7, 11) is 0. The molecule has 1 rings (SSSR count). The van der Waals surface area contributed by atoms with Crippen molar-refractivity contribution in [1.29, 1.82) is 0 Å². The first-order chi connectivity index (χ1) is 6.76. The fourth-order valence-electron chi connectivity index (χ4n) is 1.29. The normalized spacial score (nSPS) is 10.1. The van der Waals surface area contributed by atoms with Crippen LogP contribution in [0.5, 0.6) is 0 Å². The Balaban J connectivity index is 2.59. The molecule has 0 fully saturated rings. The van der Waals surface area contributed by atoms with Crippen molar-refractivity contribution in [3.05, 3.63) is 29.8 Å². The van der Waals surface area contributed by atoms with Gasteiger partial charge in [-0.25, -0.2) is 0 Å². The molecule has 0 saturated heterocycles. The van der Waals surface area contributed by atoms with Gasteiger partial charge < -0.3 is 5.73 Å². The Labute approximate surface area is 85.7 Å². The average molecular weight is 188 g/mol. The Morgan fingerprint density at radius 2 is 2.00 bits per heavy atom. The summed E-state index contributed by atoms with van der Waals surface area (Å²) in [5.41, 5.74) is 7.65. The largest absolute Gasteiger partial charge is 0.399 e. The molecule has 0 heterocycles. The van der Waals surface area contributed by atoms with Crippen molar-refractivity contribution in [3.63, 3.8) is 0 Å². The summed E-state index contributed by atoms with van der Waals surface area (Å²) in [5, 5.41) is 0. The molecule has 0 amide bonds. The highest BCUT2D eigenvalue weighted by Crippen LogP contribution is 2.07. The molecule has 0 aliphatic rings. The molecule has 0 saturated carbocycles. The predicted octanol–water partition coefficient (Wildman–Crippen LogP) is 1.72. The maximum absolute atomic E-state index is 5.60. The highest BCUT2D eigenvalue weighted by Gasteiger charge is 2.00. The Morgan fingerprint density at radius 1 is 1.36 bits per heavy atom.